The highest BCUT2D eigenvalue weighted by atomic mass is 35.5. The van der Waals surface area contributed by atoms with Gasteiger partial charge < -0.3 is 4.74 Å². The van der Waals surface area contributed by atoms with Gasteiger partial charge in [0.05, 0.1) is 11.6 Å². The molecule has 0 aromatic heterocycles. The number of benzene rings is 2. The predicted molar refractivity (Wildman–Crippen MR) is 75.1 cm³/mol. The first-order chi connectivity index (χ1) is 9.65. The second-order valence-corrected chi connectivity index (χ2v) is 5.11. The molecule has 0 amide bonds. The fourth-order valence-corrected chi connectivity index (χ4v) is 2.51. The molecular weight excluding hydrogens is 279 g/mol. The molecule has 3 rings (SSSR count). The summed E-state index contributed by atoms with van der Waals surface area (Å²) >= 11 is 5.87. The van der Waals surface area contributed by atoms with Crippen molar-refractivity contribution < 1.29 is 13.9 Å². The molecule has 0 N–H and O–H groups in total. The van der Waals surface area contributed by atoms with Crippen LogP contribution >= 0.6 is 11.6 Å². The van der Waals surface area contributed by atoms with Crippen molar-refractivity contribution in [1.82, 2.24) is 0 Å². The fraction of sp³-hybridized carbons (Fsp3) is 0.188. The van der Waals surface area contributed by atoms with Crippen LogP contribution in [0.2, 0.25) is 5.02 Å². The van der Waals surface area contributed by atoms with E-state index >= 15 is 0 Å². The van der Waals surface area contributed by atoms with Gasteiger partial charge >= 0.3 is 0 Å². The summed E-state index contributed by atoms with van der Waals surface area (Å²) in [4.78, 5) is 12.3. The van der Waals surface area contributed by atoms with E-state index in [2.05, 4.69) is 0 Å². The molecular formula is C16H12ClFO2. The highest BCUT2D eigenvalue weighted by Crippen LogP contribution is 2.27. The van der Waals surface area contributed by atoms with Gasteiger partial charge in [-0.1, -0.05) is 23.7 Å². The first-order valence-electron chi connectivity index (χ1n) is 6.37. The molecule has 1 heterocycles. The molecule has 2 aromatic carbocycles. The van der Waals surface area contributed by atoms with Gasteiger partial charge in [0.1, 0.15) is 11.6 Å². The van der Waals surface area contributed by atoms with Crippen LogP contribution in [0.5, 0.6) is 5.75 Å². The normalized spacial score (nSPS) is 12.9. The van der Waals surface area contributed by atoms with Gasteiger partial charge in [0.2, 0.25) is 0 Å². The van der Waals surface area contributed by atoms with E-state index in [1.54, 1.807) is 18.2 Å². The van der Waals surface area contributed by atoms with E-state index in [0.29, 0.717) is 17.7 Å². The lowest BCUT2D eigenvalue weighted by atomic mass is 10.0. The number of halogens is 2. The Hall–Kier alpha value is -1.87. The summed E-state index contributed by atoms with van der Waals surface area (Å²) < 4.78 is 18.8. The number of rotatable bonds is 3. The molecule has 0 aliphatic carbocycles. The Bertz CT molecular complexity index is 682. The third kappa shape index (κ3) is 2.41. The topological polar surface area (TPSA) is 26.3 Å². The summed E-state index contributed by atoms with van der Waals surface area (Å²) in [6.45, 7) is 0.655. The number of carbonyl (C=O) groups excluding carboxylic acids is 1. The van der Waals surface area contributed by atoms with Gasteiger partial charge in [-0.3, -0.25) is 4.79 Å². The van der Waals surface area contributed by atoms with E-state index in [0.717, 1.165) is 17.7 Å². The molecule has 0 bridgehead atoms. The van der Waals surface area contributed by atoms with Crippen molar-refractivity contribution in [2.24, 2.45) is 0 Å². The van der Waals surface area contributed by atoms with Crippen molar-refractivity contribution in [3.05, 3.63) is 63.9 Å². The molecule has 102 valence electrons. The Morgan fingerprint density at radius 3 is 3.00 bits per heavy atom. The molecule has 1 aliphatic heterocycles. The van der Waals surface area contributed by atoms with E-state index < -0.39 is 5.82 Å². The Labute approximate surface area is 121 Å². The van der Waals surface area contributed by atoms with Crippen LogP contribution < -0.4 is 4.74 Å². The summed E-state index contributed by atoms with van der Waals surface area (Å²) in [6, 6.07) is 9.89. The van der Waals surface area contributed by atoms with E-state index in [-0.39, 0.29) is 17.2 Å². The van der Waals surface area contributed by atoms with Crippen LogP contribution in [0.15, 0.2) is 36.4 Å². The lowest BCUT2D eigenvalue weighted by Gasteiger charge is -2.06. The third-order valence-corrected chi connectivity index (χ3v) is 3.82. The summed E-state index contributed by atoms with van der Waals surface area (Å²) in [5, 5.41) is 0.0188. The van der Waals surface area contributed by atoms with Crippen molar-refractivity contribution in [3.63, 3.8) is 0 Å². The number of hydrogen-bond acceptors (Lipinski definition) is 2. The zero-order valence-electron chi connectivity index (χ0n) is 10.7. The second kappa shape index (κ2) is 5.25. The number of fused-ring (bicyclic) bond motifs is 1. The minimum absolute atomic E-state index is 0.0188. The van der Waals surface area contributed by atoms with Crippen LogP contribution in [0, 0.1) is 5.82 Å². The van der Waals surface area contributed by atoms with E-state index in [9.17, 15) is 9.18 Å². The Morgan fingerprint density at radius 1 is 1.30 bits per heavy atom. The number of carbonyl (C=O) groups is 1. The van der Waals surface area contributed by atoms with Crippen LogP contribution in [-0.2, 0) is 12.8 Å². The molecule has 0 saturated heterocycles. The molecule has 0 unspecified atom stereocenters. The SMILES string of the molecule is O=C(Cc1cccc(F)c1Cl)c1ccc2c(c1)CCO2. The first kappa shape index (κ1) is 13.1. The van der Waals surface area contributed by atoms with Crippen LogP contribution in [0.4, 0.5) is 4.39 Å². The lowest BCUT2D eigenvalue weighted by Crippen LogP contribution is -2.05. The van der Waals surface area contributed by atoms with Gasteiger partial charge in [-0.25, -0.2) is 4.39 Å². The maximum Gasteiger partial charge on any atom is 0.167 e. The van der Waals surface area contributed by atoms with Crippen molar-refractivity contribution >= 4 is 17.4 Å². The zero-order chi connectivity index (χ0) is 14.1. The largest absolute Gasteiger partial charge is 0.493 e. The molecule has 2 nitrogen and oxygen atoms in total. The van der Waals surface area contributed by atoms with Gasteiger partial charge in [-0.2, -0.15) is 0 Å². The Morgan fingerprint density at radius 2 is 2.15 bits per heavy atom. The molecule has 20 heavy (non-hydrogen) atoms. The zero-order valence-corrected chi connectivity index (χ0v) is 11.4. The minimum atomic E-state index is -0.501. The van der Waals surface area contributed by atoms with Gasteiger partial charge in [0.15, 0.2) is 5.78 Å². The molecule has 0 atom stereocenters. The van der Waals surface area contributed by atoms with Gasteiger partial charge in [-0.15, -0.1) is 0 Å². The Kier molecular flexibility index (Phi) is 3.45. The summed E-state index contributed by atoms with van der Waals surface area (Å²) in [5.74, 6) is 0.261. The van der Waals surface area contributed by atoms with Crippen molar-refractivity contribution in [2.75, 3.05) is 6.61 Å². The van der Waals surface area contributed by atoms with E-state index in [1.165, 1.54) is 6.07 Å². The highest BCUT2D eigenvalue weighted by Gasteiger charge is 2.16. The number of hydrogen-bond donors (Lipinski definition) is 0. The molecule has 0 radical (unpaired) electrons. The van der Waals surface area contributed by atoms with Crippen molar-refractivity contribution in [2.45, 2.75) is 12.8 Å². The number of ether oxygens (including phenoxy) is 1. The molecule has 0 saturated carbocycles. The maximum atomic E-state index is 13.4. The minimum Gasteiger partial charge on any atom is -0.493 e. The predicted octanol–water partition coefficient (Wildman–Crippen LogP) is 3.84. The number of Topliss-reactive ketones (excluding diaryl/α,β-unsaturated/α-hetero) is 1. The quantitative estimate of drug-likeness (QED) is 0.803. The summed E-state index contributed by atoms with van der Waals surface area (Å²) in [5.41, 5.74) is 2.16. The smallest absolute Gasteiger partial charge is 0.167 e. The van der Waals surface area contributed by atoms with E-state index in [4.69, 9.17) is 16.3 Å². The van der Waals surface area contributed by atoms with Gasteiger partial charge in [-0.05, 0) is 35.4 Å². The van der Waals surface area contributed by atoms with E-state index in [1.807, 2.05) is 12.1 Å². The van der Waals surface area contributed by atoms with Crippen LogP contribution in [-0.4, -0.2) is 12.4 Å². The van der Waals surface area contributed by atoms with Crippen molar-refractivity contribution in [1.29, 1.82) is 0 Å². The molecule has 1 aliphatic rings. The summed E-state index contributed by atoms with van der Waals surface area (Å²) in [6.07, 6.45) is 0.910. The lowest BCUT2D eigenvalue weighted by molar-refractivity contribution is 0.0993. The molecule has 2 aromatic rings. The van der Waals surface area contributed by atoms with Gasteiger partial charge in [0, 0.05) is 18.4 Å². The first-order valence-corrected chi connectivity index (χ1v) is 6.75. The van der Waals surface area contributed by atoms with Crippen molar-refractivity contribution in [3.8, 4) is 5.75 Å². The highest BCUT2D eigenvalue weighted by molar-refractivity contribution is 6.31. The average molecular weight is 291 g/mol. The maximum absolute atomic E-state index is 13.4. The standard InChI is InChI=1S/C16H12ClFO2/c17-16-12(2-1-3-13(16)18)9-14(19)10-4-5-15-11(8-10)6-7-20-15/h1-5,8H,6-7,9H2. The van der Waals surface area contributed by atoms with Gasteiger partial charge in [0.25, 0.3) is 0 Å². The van der Waals surface area contributed by atoms with Crippen LogP contribution in [0.25, 0.3) is 0 Å². The number of ketones is 1. The second-order valence-electron chi connectivity index (χ2n) is 4.73. The monoisotopic (exact) mass is 290 g/mol. The average Bonchev–Trinajstić information content (AvgIpc) is 2.91. The molecule has 0 fully saturated rings. The molecule has 0 spiro atoms. The fourth-order valence-electron chi connectivity index (χ4n) is 2.32. The summed E-state index contributed by atoms with van der Waals surface area (Å²) in [7, 11) is 0. The van der Waals surface area contributed by atoms with Crippen LogP contribution in [0.1, 0.15) is 21.5 Å². The third-order valence-electron chi connectivity index (χ3n) is 3.39. The molecule has 4 heteroatoms. The van der Waals surface area contributed by atoms with Crippen LogP contribution in [0.3, 0.4) is 0 Å². The Balaban J connectivity index is 1.84.